The lowest BCUT2D eigenvalue weighted by atomic mass is 10.2. The first-order valence-electron chi connectivity index (χ1n) is 8.49. The Morgan fingerprint density at radius 3 is 2.35 bits per heavy atom. The Hall–Kier alpha value is -2.60. The van der Waals surface area contributed by atoms with Gasteiger partial charge >= 0.3 is 0 Å². The van der Waals surface area contributed by atoms with Crippen molar-refractivity contribution in [2.75, 3.05) is 7.05 Å². The Labute approximate surface area is 158 Å². The van der Waals surface area contributed by atoms with Crippen LogP contribution >= 0.6 is 11.8 Å². The summed E-state index contributed by atoms with van der Waals surface area (Å²) in [6, 6.07) is 19.9. The minimum Gasteiger partial charge on any atom is -0.340 e. The highest BCUT2D eigenvalue weighted by Crippen LogP contribution is 2.26. The van der Waals surface area contributed by atoms with Gasteiger partial charge in [-0.2, -0.15) is 0 Å². The molecule has 0 aliphatic heterocycles. The molecular weight excluding hydrogens is 344 g/mol. The van der Waals surface area contributed by atoms with Crippen LogP contribution < -0.4 is 0 Å². The molecule has 134 valence electrons. The lowest BCUT2D eigenvalue weighted by Gasteiger charge is -2.21. The van der Waals surface area contributed by atoms with E-state index in [-0.39, 0.29) is 11.2 Å². The van der Waals surface area contributed by atoms with Gasteiger partial charge in [0.25, 0.3) is 0 Å². The predicted octanol–water partition coefficient (Wildman–Crippen LogP) is 3.71. The van der Waals surface area contributed by atoms with Gasteiger partial charge in [0.1, 0.15) is 5.82 Å². The van der Waals surface area contributed by atoms with Crippen LogP contribution in [0.2, 0.25) is 0 Å². The number of thioether (sulfide) groups is 1. The highest BCUT2D eigenvalue weighted by Gasteiger charge is 2.22. The summed E-state index contributed by atoms with van der Waals surface area (Å²) in [7, 11) is 1.83. The van der Waals surface area contributed by atoms with Crippen molar-refractivity contribution in [3.8, 4) is 5.69 Å². The van der Waals surface area contributed by atoms with E-state index in [4.69, 9.17) is 0 Å². The number of nitrogens with zero attached hydrogens (tertiary/aromatic N) is 4. The Balaban J connectivity index is 1.72. The van der Waals surface area contributed by atoms with Crippen LogP contribution in [-0.2, 0) is 11.3 Å². The molecule has 6 heteroatoms. The van der Waals surface area contributed by atoms with Gasteiger partial charge in [0.2, 0.25) is 5.91 Å². The third-order valence-electron chi connectivity index (χ3n) is 4.08. The van der Waals surface area contributed by atoms with Crippen LogP contribution in [0, 0.1) is 6.92 Å². The smallest absolute Gasteiger partial charge is 0.235 e. The van der Waals surface area contributed by atoms with Gasteiger partial charge in [-0.15, -0.1) is 10.2 Å². The number of aryl methyl sites for hydroxylation is 1. The highest BCUT2D eigenvalue weighted by molar-refractivity contribution is 8.00. The van der Waals surface area contributed by atoms with Crippen LogP contribution in [0.4, 0.5) is 0 Å². The number of carbonyl (C=O) groups excluding carboxylic acids is 1. The molecule has 0 spiro atoms. The van der Waals surface area contributed by atoms with E-state index in [1.165, 1.54) is 11.8 Å². The average molecular weight is 366 g/mol. The molecule has 0 unspecified atom stereocenters. The Morgan fingerprint density at radius 1 is 1.08 bits per heavy atom. The molecule has 0 saturated carbocycles. The van der Waals surface area contributed by atoms with Crippen LogP contribution in [0.3, 0.4) is 0 Å². The Bertz CT molecular complexity index is 864. The zero-order chi connectivity index (χ0) is 18.5. The van der Waals surface area contributed by atoms with E-state index in [0.29, 0.717) is 6.54 Å². The Morgan fingerprint density at radius 2 is 1.69 bits per heavy atom. The van der Waals surface area contributed by atoms with Crippen molar-refractivity contribution in [3.05, 3.63) is 72.1 Å². The second kappa shape index (κ2) is 8.19. The van der Waals surface area contributed by atoms with Gasteiger partial charge in [-0.25, -0.2) is 0 Å². The zero-order valence-corrected chi connectivity index (χ0v) is 16.0. The maximum absolute atomic E-state index is 12.8. The van der Waals surface area contributed by atoms with E-state index in [0.717, 1.165) is 22.2 Å². The van der Waals surface area contributed by atoms with Crippen LogP contribution in [0.25, 0.3) is 5.69 Å². The van der Waals surface area contributed by atoms with Crippen molar-refractivity contribution in [1.82, 2.24) is 19.7 Å². The molecule has 3 aromatic rings. The number of rotatable bonds is 6. The fraction of sp³-hybridized carbons (Fsp3) is 0.250. The molecule has 5 nitrogen and oxygen atoms in total. The number of aromatic nitrogens is 3. The van der Waals surface area contributed by atoms with Crippen molar-refractivity contribution in [3.63, 3.8) is 0 Å². The van der Waals surface area contributed by atoms with Gasteiger partial charge in [-0.05, 0) is 31.5 Å². The summed E-state index contributed by atoms with van der Waals surface area (Å²) < 4.78 is 1.98. The molecule has 0 aliphatic rings. The van der Waals surface area contributed by atoms with Gasteiger partial charge in [-0.3, -0.25) is 9.36 Å². The molecule has 0 N–H and O–H groups in total. The normalized spacial score (nSPS) is 12.0. The summed E-state index contributed by atoms with van der Waals surface area (Å²) in [6.45, 7) is 4.42. The standard InChI is InChI=1S/C20H22N4OS/c1-15(19(25)23(3)14-17-10-6-4-7-11-17)26-20-22-21-16(2)24(20)18-12-8-5-9-13-18/h4-13,15H,14H2,1-3H3/t15-/m0/s1. The molecule has 1 atom stereocenters. The van der Waals surface area contributed by atoms with Gasteiger partial charge < -0.3 is 4.90 Å². The molecule has 3 rings (SSSR count). The van der Waals surface area contributed by atoms with E-state index in [9.17, 15) is 4.79 Å². The van der Waals surface area contributed by atoms with Gasteiger partial charge in [0.05, 0.1) is 5.25 Å². The summed E-state index contributed by atoms with van der Waals surface area (Å²) in [5.41, 5.74) is 2.11. The molecule has 26 heavy (non-hydrogen) atoms. The lowest BCUT2D eigenvalue weighted by Crippen LogP contribution is -2.32. The van der Waals surface area contributed by atoms with E-state index in [1.807, 2.05) is 86.1 Å². The maximum atomic E-state index is 12.8. The van der Waals surface area contributed by atoms with Crippen LogP contribution in [0.15, 0.2) is 65.8 Å². The lowest BCUT2D eigenvalue weighted by molar-refractivity contribution is -0.129. The summed E-state index contributed by atoms with van der Waals surface area (Å²) in [6.07, 6.45) is 0. The number of benzene rings is 2. The first-order chi connectivity index (χ1) is 12.6. The average Bonchev–Trinajstić information content (AvgIpc) is 3.02. The molecule has 1 amide bonds. The van der Waals surface area contributed by atoms with Crippen molar-refractivity contribution < 1.29 is 4.79 Å². The number of carbonyl (C=O) groups is 1. The SMILES string of the molecule is Cc1nnc(S[C@@H](C)C(=O)N(C)Cc2ccccc2)n1-c1ccccc1. The minimum atomic E-state index is -0.255. The highest BCUT2D eigenvalue weighted by atomic mass is 32.2. The second-order valence-corrected chi connectivity index (χ2v) is 7.45. The van der Waals surface area contributed by atoms with E-state index < -0.39 is 0 Å². The molecular formula is C20H22N4OS. The summed E-state index contributed by atoms with van der Waals surface area (Å²) in [5.74, 6) is 0.870. The molecule has 0 fully saturated rings. The molecule has 0 radical (unpaired) electrons. The molecule has 1 heterocycles. The maximum Gasteiger partial charge on any atom is 0.235 e. The van der Waals surface area contributed by atoms with Gasteiger partial charge in [-0.1, -0.05) is 60.3 Å². The third-order valence-corrected chi connectivity index (χ3v) is 5.11. The second-order valence-electron chi connectivity index (χ2n) is 6.14. The van der Waals surface area contributed by atoms with Crippen molar-refractivity contribution in [2.45, 2.75) is 30.8 Å². The molecule has 2 aromatic carbocycles. The van der Waals surface area contributed by atoms with E-state index >= 15 is 0 Å². The summed E-state index contributed by atoms with van der Waals surface area (Å²) in [5, 5.41) is 8.92. The van der Waals surface area contributed by atoms with E-state index in [2.05, 4.69) is 10.2 Å². The van der Waals surface area contributed by atoms with Gasteiger partial charge in [0, 0.05) is 19.3 Å². The van der Waals surface area contributed by atoms with Crippen molar-refractivity contribution in [2.24, 2.45) is 0 Å². The monoisotopic (exact) mass is 366 g/mol. The van der Waals surface area contributed by atoms with Gasteiger partial charge in [0.15, 0.2) is 5.16 Å². The fourth-order valence-corrected chi connectivity index (χ4v) is 3.78. The first kappa shape index (κ1) is 18.2. The molecule has 1 aromatic heterocycles. The minimum absolute atomic E-state index is 0.0686. The molecule has 0 bridgehead atoms. The third kappa shape index (κ3) is 4.14. The van der Waals surface area contributed by atoms with Crippen LogP contribution in [-0.4, -0.2) is 37.9 Å². The van der Waals surface area contributed by atoms with Crippen LogP contribution in [0.5, 0.6) is 0 Å². The predicted molar refractivity (Wildman–Crippen MR) is 104 cm³/mol. The first-order valence-corrected chi connectivity index (χ1v) is 9.37. The summed E-state index contributed by atoms with van der Waals surface area (Å²) >= 11 is 1.43. The number of hydrogen-bond donors (Lipinski definition) is 0. The summed E-state index contributed by atoms with van der Waals surface area (Å²) in [4.78, 5) is 14.5. The topological polar surface area (TPSA) is 51.0 Å². The van der Waals surface area contributed by atoms with E-state index in [1.54, 1.807) is 4.90 Å². The largest absolute Gasteiger partial charge is 0.340 e. The number of amides is 1. The van der Waals surface area contributed by atoms with Crippen molar-refractivity contribution >= 4 is 17.7 Å². The fourth-order valence-electron chi connectivity index (χ4n) is 2.75. The molecule has 0 aliphatic carbocycles. The zero-order valence-electron chi connectivity index (χ0n) is 15.2. The molecule has 0 saturated heterocycles. The Kier molecular flexibility index (Phi) is 5.73. The number of para-hydroxylation sites is 1. The number of hydrogen-bond acceptors (Lipinski definition) is 4. The quantitative estimate of drug-likeness (QED) is 0.624. The van der Waals surface area contributed by atoms with Crippen molar-refractivity contribution in [1.29, 1.82) is 0 Å². The van der Waals surface area contributed by atoms with Crippen LogP contribution in [0.1, 0.15) is 18.3 Å².